The van der Waals surface area contributed by atoms with E-state index < -0.39 is 23.4 Å². The van der Waals surface area contributed by atoms with Crippen molar-refractivity contribution < 1.29 is 24.2 Å². The Morgan fingerprint density at radius 2 is 1.71 bits per heavy atom. The second kappa shape index (κ2) is 9.36. The van der Waals surface area contributed by atoms with Crippen LogP contribution in [-0.4, -0.2) is 42.3 Å². The van der Waals surface area contributed by atoms with E-state index in [1.807, 2.05) is 31.2 Å². The molecule has 3 N–H and O–H groups in total. The lowest BCUT2D eigenvalue weighted by atomic mass is 9.98. The van der Waals surface area contributed by atoms with Crippen LogP contribution in [-0.2, 0) is 14.3 Å². The molecule has 1 unspecified atom stereocenters. The molecule has 2 aromatic carbocycles. The number of hydrogen-bond acceptors (Lipinski definition) is 4. The number of hydrogen-bond donors (Lipinski definition) is 3. The van der Waals surface area contributed by atoms with Crippen LogP contribution >= 0.6 is 0 Å². The van der Waals surface area contributed by atoms with Crippen molar-refractivity contribution in [2.24, 2.45) is 17.3 Å². The third-order valence-corrected chi connectivity index (χ3v) is 8.02. The van der Waals surface area contributed by atoms with Crippen molar-refractivity contribution >= 4 is 18.0 Å². The van der Waals surface area contributed by atoms with Crippen LogP contribution in [0.4, 0.5) is 4.79 Å². The molecule has 0 aromatic heterocycles. The number of carbonyl (C=O) groups excluding carboxylic acids is 2. The average molecular weight is 477 g/mol. The molecule has 5 rings (SSSR count). The van der Waals surface area contributed by atoms with Crippen molar-refractivity contribution in [3.05, 3.63) is 59.7 Å². The summed E-state index contributed by atoms with van der Waals surface area (Å²) in [5.74, 6) is -1.28. The molecule has 2 saturated carbocycles. The van der Waals surface area contributed by atoms with Gasteiger partial charge in [0.25, 0.3) is 0 Å². The minimum Gasteiger partial charge on any atom is -0.481 e. The van der Waals surface area contributed by atoms with Gasteiger partial charge in [-0.2, -0.15) is 0 Å². The lowest BCUT2D eigenvalue weighted by molar-refractivity contribution is -0.142. The highest BCUT2D eigenvalue weighted by atomic mass is 16.5. The molecule has 2 amide bonds. The van der Waals surface area contributed by atoms with Crippen LogP contribution in [0.3, 0.4) is 0 Å². The minimum absolute atomic E-state index is 0.00699. The van der Waals surface area contributed by atoms with Gasteiger partial charge in [-0.05, 0) is 53.9 Å². The summed E-state index contributed by atoms with van der Waals surface area (Å²) in [5, 5.41) is 15.1. The number of ether oxygens (including phenoxy) is 1. The molecule has 3 aliphatic carbocycles. The lowest BCUT2D eigenvalue weighted by Crippen LogP contribution is -2.40. The summed E-state index contributed by atoms with van der Waals surface area (Å²) in [6.07, 6.45) is 2.95. The summed E-state index contributed by atoms with van der Waals surface area (Å²) in [4.78, 5) is 36.9. The predicted molar refractivity (Wildman–Crippen MR) is 131 cm³/mol. The summed E-state index contributed by atoms with van der Waals surface area (Å²) in [5.41, 5.74) is 4.23. The van der Waals surface area contributed by atoms with Crippen molar-refractivity contribution in [3.8, 4) is 11.1 Å². The lowest BCUT2D eigenvalue weighted by Gasteiger charge is -2.20. The smallest absolute Gasteiger partial charge is 0.407 e. The van der Waals surface area contributed by atoms with E-state index in [1.165, 1.54) is 22.3 Å². The molecule has 0 aliphatic heterocycles. The van der Waals surface area contributed by atoms with Gasteiger partial charge in [-0.3, -0.25) is 9.59 Å². The zero-order chi connectivity index (χ0) is 24.6. The number of alkyl carbamates (subject to hydrolysis) is 1. The minimum atomic E-state index is -0.877. The van der Waals surface area contributed by atoms with Gasteiger partial charge in [0, 0.05) is 18.5 Å². The summed E-state index contributed by atoms with van der Waals surface area (Å²) < 4.78 is 5.66. The van der Waals surface area contributed by atoms with Crippen LogP contribution in [0, 0.1) is 17.3 Å². The van der Waals surface area contributed by atoms with Gasteiger partial charge < -0.3 is 20.5 Å². The fraction of sp³-hybridized carbons (Fsp3) is 0.464. The first kappa shape index (κ1) is 23.4. The monoisotopic (exact) mass is 476 g/mol. The van der Waals surface area contributed by atoms with E-state index >= 15 is 0 Å². The van der Waals surface area contributed by atoms with E-state index in [9.17, 15) is 19.5 Å². The third kappa shape index (κ3) is 4.40. The van der Waals surface area contributed by atoms with Gasteiger partial charge in [0.05, 0.1) is 11.3 Å². The molecule has 4 atom stereocenters. The van der Waals surface area contributed by atoms with E-state index in [0.717, 1.165) is 19.3 Å². The highest BCUT2D eigenvalue weighted by Gasteiger charge is 2.65. The standard InChI is InChI=1S/C28H32N2O5/c1-2-7-17(25(31)32)15-29-26(33)28-13-18(28)12-19(14-28)30-27(34)35-16-24-22-10-5-3-8-20(22)21-9-4-6-11-23(21)24/h3-6,8-11,17-19,24H,2,7,12-16H2,1H3,(H,29,33)(H,30,34)(H,31,32)/t17?,18-,19+,28+/m1/s1. The van der Waals surface area contributed by atoms with Gasteiger partial charge in [-0.25, -0.2) is 4.79 Å². The summed E-state index contributed by atoms with van der Waals surface area (Å²) >= 11 is 0. The Bertz CT molecular complexity index is 1100. The highest BCUT2D eigenvalue weighted by Crippen LogP contribution is 2.63. The Hall–Kier alpha value is -3.35. The van der Waals surface area contributed by atoms with Crippen molar-refractivity contribution in [3.63, 3.8) is 0 Å². The molecule has 0 spiro atoms. The van der Waals surface area contributed by atoms with E-state index in [2.05, 4.69) is 34.9 Å². The van der Waals surface area contributed by atoms with E-state index in [-0.39, 0.29) is 36.9 Å². The van der Waals surface area contributed by atoms with Gasteiger partial charge in [0.2, 0.25) is 5.91 Å². The molecule has 2 aromatic rings. The Labute approximate surface area is 205 Å². The van der Waals surface area contributed by atoms with Crippen LogP contribution in [0.25, 0.3) is 11.1 Å². The number of aliphatic carboxylic acids is 1. The van der Waals surface area contributed by atoms with Crippen LogP contribution in [0.2, 0.25) is 0 Å². The van der Waals surface area contributed by atoms with Gasteiger partial charge in [-0.15, -0.1) is 0 Å². The maximum atomic E-state index is 12.9. The molecule has 7 nitrogen and oxygen atoms in total. The summed E-state index contributed by atoms with van der Waals surface area (Å²) in [7, 11) is 0. The number of benzene rings is 2. The number of carbonyl (C=O) groups is 3. The first-order valence-corrected chi connectivity index (χ1v) is 12.6. The molecule has 0 bridgehead atoms. The van der Waals surface area contributed by atoms with E-state index in [0.29, 0.717) is 12.8 Å². The van der Waals surface area contributed by atoms with Gasteiger partial charge in [0.1, 0.15) is 6.61 Å². The van der Waals surface area contributed by atoms with Crippen molar-refractivity contribution in [2.75, 3.05) is 13.2 Å². The molecule has 7 heteroatoms. The molecule has 2 fully saturated rings. The highest BCUT2D eigenvalue weighted by molar-refractivity contribution is 5.87. The largest absolute Gasteiger partial charge is 0.481 e. The fourth-order valence-electron chi connectivity index (χ4n) is 6.15. The molecule has 0 saturated heterocycles. The Kier molecular flexibility index (Phi) is 6.26. The van der Waals surface area contributed by atoms with Gasteiger partial charge in [-0.1, -0.05) is 61.9 Å². The quantitative estimate of drug-likeness (QED) is 0.500. The SMILES string of the molecule is CCCC(CNC(=O)[C@@]12C[C@@H](NC(=O)OCC3c4ccccc4-c4ccccc43)C[C@@H]1C2)C(=O)O. The number of fused-ring (bicyclic) bond motifs is 4. The van der Waals surface area contributed by atoms with E-state index in [1.54, 1.807) is 0 Å². The second-order valence-corrected chi connectivity index (χ2v) is 10.2. The summed E-state index contributed by atoms with van der Waals surface area (Å²) in [6.45, 7) is 2.35. The molecule has 0 heterocycles. The number of rotatable bonds is 9. The molecular weight excluding hydrogens is 444 g/mol. The van der Waals surface area contributed by atoms with Gasteiger partial charge in [0.15, 0.2) is 0 Å². The number of carboxylic acids is 1. The maximum Gasteiger partial charge on any atom is 0.407 e. The van der Waals surface area contributed by atoms with Crippen molar-refractivity contribution in [1.29, 1.82) is 0 Å². The molecule has 0 radical (unpaired) electrons. The Balaban J connectivity index is 1.14. The normalized spacial score (nSPS) is 24.6. The first-order valence-electron chi connectivity index (χ1n) is 12.6. The van der Waals surface area contributed by atoms with Crippen molar-refractivity contribution in [1.82, 2.24) is 10.6 Å². The van der Waals surface area contributed by atoms with Crippen molar-refractivity contribution in [2.45, 2.75) is 51.0 Å². The topological polar surface area (TPSA) is 105 Å². The molecule has 184 valence electrons. The summed E-state index contributed by atoms with van der Waals surface area (Å²) in [6, 6.07) is 16.3. The third-order valence-electron chi connectivity index (χ3n) is 8.02. The molecule has 3 aliphatic rings. The molecular formula is C28H32N2O5. The van der Waals surface area contributed by atoms with Crippen LogP contribution in [0.1, 0.15) is 56.1 Å². The van der Waals surface area contributed by atoms with Gasteiger partial charge >= 0.3 is 12.1 Å². The number of carboxylic acid groups (broad SMARTS) is 1. The number of amides is 2. The Morgan fingerprint density at radius 1 is 1.06 bits per heavy atom. The Morgan fingerprint density at radius 3 is 2.34 bits per heavy atom. The fourth-order valence-corrected chi connectivity index (χ4v) is 6.15. The van der Waals surface area contributed by atoms with Crippen LogP contribution < -0.4 is 10.6 Å². The zero-order valence-corrected chi connectivity index (χ0v) is 20.0. The van der Waals surface area contributed by atoms with E-state index in [4.69, 9.17) is 4.74 Å². The van der Waals surface area contributed by atoms with Crippen LogP contribution in [0.5, 0.6) is 0 Å². The second-order valence-electron chi connectivity index (χ2n) is 10.2. The molecule has 35 heavy (non-hydrogen) atoms. The first-order chi connectivity index (χ1) is 16.9. The predicted octanol–water partition coefficient (Wildman–Crippen LogP) is 4.31. The van der Waals surface area contributed by atoms with Crippen LogP contribution in [0.15, 0.2) is 48.5 Å². The zero-order valence-electron chi connectivity index (χ0n) is 20.0. The maximum absolute atomic E-state index is 12.9. The number of nitrogens with one attached hydrogen (secondary N) is 2. The average Bonchev–Trinajstić information content (AvgIpc) is 3.28.